The monoisotopic (exact) mass is 250 g/mol. The number of nitrogens with zero attached hydrogens (tertiary/aromatic N) is 1. The Balaban J connectivity index is 2.39. The first-order valence-corrected chi connectivity index (χ1v) is 6.44. The molecule has 1 aromatic carbocycles. The maximum atomic E-state index is 9.69. The molecule has 0 aromatic heterocycles. The zero-order chi connectivity index (χ0) is 13.1. The molecule has 0 amide bonds. The van der Waals surface area contributed by atoms with Crippen molar-refractivity contribution in [2.45, 2.75) is 25.5 Å². The summed E-state index contributed by atoms with van der Waals surface area (Å²) in [5.41, 5.74) is 2.32. The zero-order valence-corrected chi connectivity index (χ0v) is 11.3. The summed E-state index contributed by atoms with van der Waals surface area (Å²) in [6, 6.07) is 6.31. The lowest BCUT2D eigenvalue weighted by Crippen LogP contribution is -2.25. The molecule has 2 rings (SSSR count). The molecule has 0 saturated carbocycles. The van der Waals surface area contributed by atoms with Crippen molar-refractivity contribution >= 4 is 5.69 Å². The number of aliphatic hydroxyl groups excluding tert-OH is 1. The molecule has 1 fully saturated rings. The summed E-state index contributed by atoms with van der Waals surface area (Å²) < 4.78 is 5.47. The number of anilines is 1. The Bertz CT molecular complexity index is 409. The molecule has 1 aliphatic rings. The number of β-amino-alcohol motifs (C(OH)–C–C–N with tert-alkyl or cyclic N) is 1. The molecule has 0 radical (unpaired) electrons. The summed E-state index contributed by atoms with van der Waals surface area (Å²) in [4.78, 5) is 2.23. The molecule has 1 heterocycles. The summed E-state index contributed by atoms with van der Waals surface area (Å²) >= 11 is 0. The van der Waals surface area contributed by atoms with Crippen LogP contribution in [0.4, 0.5) is 5.69 Å². The first-order valence-electron chi connectivity index (χ1n) is 6.44. The van der Waals surface area contributed by atoms with Gasteiger partial charge in [0.25, 0.3) is 0 Å². The van der Waals surface area contributed by atoms with E-state index in [9.17, 15) is 5.11 Å². The molecule has 2 atom stereocenters. The second-order valence-electron chi connectivity index (χ2n) is 4.79. The Morgan fingerprint density at radius 2 is 2.28 bits per heavy atom. The van der Waals surface area contributed by atoms with Crippen LogP contribution in [0.15, 0.2) is 18.2 Å². The summed E-state index contributed by atoms with van der Waals surface area (Å²) in [5, 5.41) is 12.9. The number of methoxy groups -OCH3 is 1. The maximum absolute atomic E-state index is 9.69. The Hall–Kier alpha value is -1.26. The van der Waals surface area contributed by atoms with E-state index in [-0.39, 0.29) is 12.1 Å². The first-order chi connectivity index (χ1) is 8.67. The Morgan fingerprint density at radius 3 is 2.83 bits per heavy atom. The van der Waals surface area contributed by atoms with Gasteiger partial charge in [0, 0.05) is 30.4 Å². The van der Waals surface area contributed by atoms with Gasteiger partial charge in [-0.25, -0.2) is 0 Å². The molecule has 0 spiro atoms. The fourth-order valence-corrected chi connectivity index (χ4v) is 2.53. The molecule has 1 aliphatic heterocycles. The quantitative estimate of drug-likeness (QED) is 0.851. The number of rotatable bonds is 4. The normalized spacial score (nSPS) is 21.1. The number of benzene rings is 1. The van der Waals surface area contributed by atoms with Crippen molar-refractivity contribution in [2.24, 2.45) is 0 Å². The van der Waals surface area contributed by atoms with Crippen LogP contribution in [0.3, 0.4) is 0 Å². The van der Waals surface area contributed by atoms with Gasteiger partial charge in [-0.3, -0.25) is 0 Å². The number of ether oxygens (including phenoxy) is 1. The lowest BCUT2D eigenvalue weighted by Gasteiger charge is -2.26. The minimum Gasteiger partial charge on any atom is -0.496 e. The van der Waals surface area contributed by atoms with Gasteiger partial charge in [-0.2, -0.15) is 0 Å². The van der Waals surface area contributed by atoms with Crippen LogP contribution < -0.4 is 15.0 Å². The zero-order valence-electron chi connectivity index (χ0n) is 11.3. The summed E-state index contributed by atoms with van der Waals surface area (Å²) in [6.07, 6.45) is 0.624. The van der Waals surface area contributed by atoms with Gasteiger partial charge in [-0.1, -0.05) is 6.07 Å². The van der Waals surface area contributed by atoms with Gasteiger partial charge in [-0.15, -0.1) is 0 Å². The van der Waals surface area contributed by atoms with Crippen LogP contribution in [0.2, 0.25) is 0 Å². The van der Waals surface area contributed by atoms with Crippen molar-refractivity contribution in [1.29, 1.82) is 0 Å². The van der Waals surface area contributed by atoms with E-state index in [1.807, 2.05) is 19.2 Å². The van der Waals surface area contributed by atoms with E-state index >= 15 is 0 Å². The van der Waals surface area contributed by atoms with Crippen LogP contribution in [0.25, 0.3) is 0 Å². The highest BCUT2D eigenvalue weighted by atomic mass is 16.5. The van der Waals surface area contributed by atoms with E-state index < -0.39 is 0 Å². The van der Waals surface area contributed by atoms with E-state index in [2.05, 4.69) is 23.2 Å². The molecule has 0 aliphatic carbocycles. The van der Waals surface area contributed by atoms with Crippen LogP contribution in [0.1, 0.15) is 24.9 Å². The average molecular weight is 250 g/mol. The van der Waals surface area contributed by atoms with Crippen molar-refractivity contribution < 1.29 is 9.84 Å². The lowest BCUT2D eigenvalue weighted by molar-refractivity contribution is 0.198. The van der Waals surface area contributed by atoms with Crippen LogP contribution in [0, 0.1) is 0 Å². The molecule has 2 N–H and O–H groups in total. The number of hydrogen-bond donors (Lipinski definition) is 2. The third-order valence-corrected chi connectivity index (χ3v) is 3.63. The van der Waals surface area contributed by atoms with Crippen LogP contribution >= 0.6 is 0 Å². The number of aliphatic hydroxyl groups is 1. The third kappa shape index (κ3) is 2.44. The van der Waals surface area contributed by atoms with Crippen LogP contribution in [-0.4, -0.2) is 38.5 Å². The van der Waals surface area contributed by atoms with Crippen molar-refractivity contribution in [3.05, 3.63) is 23.8 Å². The first kappa shape index (κ1) is 13.2. The van der Waals surface area contributed by atoms with Gasteiger partial charge in [0.1, 0.15) is 5.75 Å². The fourth-order valence-electron chi connectivity index (χ4n) is 2.53. The van der Waals surface area contributed by atoms with Gasteiger partial charge in [0.05, 0.1) is 13.2 Å². The molecule has 18 heavy (non-hydrogen) atoms. The highest BCUT2D eigenvalue weighted by Gasteiger charge is 2.25. The predicted molar refractivity (Wildman–Crippen MR) is 73.3 cm³/mol. The number of hydrogen-bond acceptors (Lipinski definition) is 4. The standard InChI is InChI=1S/C14H22N2O2/c1-10(15-2)14-12(5-4-6-13(14)18-3)16-8-7-11(17)9-16/h4-6,10-11,15,17H,7-9H2,1-3H3. The molecule has 2 unspecified atom stereocenters. The van der Waals surface area contributed by atoms with Crippen molar-refractivity contribution in [1.82, 2.24) is 5.32 Å². The van der Waals surface area contributed by atoms with E-state index in [1.165, 1.54) is 0 Å². The molecular weight excluding hydrogens is 228 g/mol. The van der Waals surface area contributed by atoms with E-state index in [0.717, 1.165) is 30.0 Å². The smallest absolute Gasteiger partial charge is 0.125 e. The van der Waals surface area contributed by atoms with Crippen molar-refractivity contribution in [3.63, 3.8) is 0 Å². The Kier molecular flexibility index (Phi) is 4.09. The topological polar surface area (TPSA) is 44.7 Å². The maximum Gasteiger partial charge on any atom is 0.125 e. The predicted octanol–water partition coefficient (Wildman–Crippen LogP) is 1.55. The van der Waals surface area contributed by atoms with E-state index in [0.29, 0.717) is 6.54 Å². The molecule has 0 bridgehead atoms. The summed E-state index contributed by atoms with van der Waals surface area (Å²) in [5.74, 6) is 0.899. The summed E-state index contributed by atoms with van der Waals surface area (Å²) in [6.45, 7) is 3.72. The number of nitrogens with one attached hydrogen (secondary N) is 1. The molecule has 4 nitrogen and oxygen atoms in total. The second-order valence-corrected chi connectivity index (χ2v) is 4.79. The van der Waals surface area contributed by atoms with E-state index in [1.54, 1.807) is 7.11 Å². The van der Waals surface area contributed by atoms with Gasteiger partial charge in [-0.05, 0) is 32.5 Å². The SMILES string of the molecule is CNC(C)c1c(OC)cccc1N1CCC(O)C1. The van der Waals surface area contributed by atoms with Crippen molar-refractivity contribution in [3.8, 4) is 5.75 Å². The molecule has 4 heteroatoms. The van der Waals surface area contributed by atoms with Crippen LogP contribution in [-0.2, 0) is 0 Å². The highest BCUT2D eigenvalue weighted by molar-refractivity contribution is 5.61. The second kappa shape index (κ2) is 5.59. The third-order valence-electron chi connectivity index (χ3n) is 3.63. The Labute approximate surface area is 109 Å². The van der Waals surface area contributed by atoms with Gasteiger partial charge < -0.3 is 20.1 Å². The lowest BCUT2D eigenvalue weighted by atomic mass is 10.0. The summed E-state index contributed by atoms with van der Waals surface area (Å²) in [7, 11) is 3.64. The molecule has 1 aromatic rings. The largest absolute Gasteiger partial charge is 0.496 e. The van der Waals surface area contributed by atoms with Gasteiger partial charge >= 0.3 is 0 Å². The Morgan fingerprint density at radius 1 is 1.50 bits per heavy atom. The van der Waals surface area contributed by atoms with Crippen molar-refractivity contribution in [2.75, 3.05) is 32.1 Å². The molecule has 100 valence electrons. The fraction of sp³-hybridized carbons (Fsp3) is 0.571. The molecular formula is C14H22N2O2. The molecule has 1 saturated heterocycles. The van der Waals surface area contributed by atoms with Crippen LogP contribution in [0.5, 0.6) is 5.75 Å². The highest BCUT2D eigenvalue weighted by Crippen LogP contribution is 2.35. The average Bonchev–Trinajstić information content (AvgIpc) is 2.83. The van der Waals surface area contributed by atoms with Gasteiger partial charge in [0.15, 0.2) is 0 Å². The minimum atomic E-state index is -0.214. The minimum absolute atomic E-state index is 0.214. The van der Waals surface area contributed by atoms with Gasteiger partial charge in [0.2, 0.25) is 0 Å². The van der Waals surface area contributed by atoms with E-state index in [4.69, 9.17) is 4.74 Å².